The Morgan fingerprint density at radius 3 is 2.34 bits per heavy atom. The summed E-state index contributed by atoms with van der Waals surface area (Å²) < 4.78 is 53.5. The summed E-state index contributed by atoms with van der Waals surface area (Å²) >= 11 is 0. The summed E-state index contributed by atoms with van der Waals surface area (Å²) in [6.07, 6.45) is -0.0793. The van der Waals surface area contributed by atoms with E-state index >= 15 is 0 Å². The molecular weight excluding hydrogens is 503 g/mol. The number of carbonyl (C=O) groups is 1. The highest BCUT2D eigenvalue weighted by Crippen LogP contribution is 2.38. The van der Waals surface area contributed by atoms with Crippen molar-refractivity contribution in [3.8, 4) is 11.8 Å². The summed E-state index contributed by atoms with van der Waals surface area (Å²) in [5.74, 6) is 1.19. The van der Waals surface area contributed by atoms with Gasteiger partial charge in [-0.05, 0) is 24.5 Å². The van der Waals surface area contributed by atoms with E-state index in [1.165, 1.54) is 37.6 Å². The van der Waals surface area contributed by atoms with Crippen molar-refractivity contribution < 1.29 is 27.4 Å². The number of amides is 2. The van der Waals surface area contributed by atoms with Crippen molar-refractivity contribution in [2.45, 2.75) is 38.1 Å². The minimum atomic E-state index is -4.53. The third-order valence-corrected chi connectivity index (χ3v) is 6.97. The number of alkyl halides is 3. The second-order valence-electron chi connectivity index (χ2n) is 9.26. The summed E-state index contributed by atoms with van der Waals surface area (Å²) in [5, 5.41) is 4.40. The van der Waals surface area contributed by atoms with Crippen molar-refractivity contribution in [3.63, 3.8) is 0 Å². The van der Waals surface area contributed by atoms with Crippen LogP contribution in [0.2, 0.25) is 0 Å². The Bertz CT molecular complexity index is 1300. The van der Waals surface area contributed by atoms with Gasteiger partial charge >= 0.3 is 12.2 Å². The van der Waals surface area contributed by atoms with Crippen LogP contribution in [0.25, 0.3) is 0 Å². The number of aryl methyl sites for hydroxylation is 1. The van der Waals surface area contributed by atoms with Gasteiger partial charge in [0.05, 0.1) is 32.9 Å². The molecule has 2 aromatic heterocycles. The molecule has 0 unspecified atom stereocenters. The Balaban J connectivity index is 1.39. The van der Waals surface area contributed by atoms with E-state index in [2.05, 4.69) is 20.0 Å². The molecule has 3 aromatic rings. The fourth-order valence-corrected chi connectivity index (χ4v) is 5.21. The Morgan fingerprint density at radius 1 is 1.05 bits per heavy atom. The molecule has 2 aliphatic heterocycles. The molecule has 1 aromatic carbocycles. The van der Waals surface area contributed by atoms with Gasteiger partial charge in [-0.1, -0.05) is 18.2 Å². The highest BCUT2D eigenvalue weighted by molar-refractivity contribution is 5.94. The van der Waals surface area contributed by atoms with Crippen molar-refractivity contribution in [1.29, 1.82) is 0 Å². The van der Waals surface area contributed by atoms with Gasteiger partial charge in [-0.25, -0.2) is 4.79 Å². The lowest BCUT2D eigenvalue weighted by Crippen LogP contribution is -2.54. The molecule has 1 saturated heterocycles. The maximum absolute atomic E-state index is 13.8. The number of fused-ring (bicyclic) bond motifs is 1. The van der Waals surface area contributed by atoms with Crippen molar-refractivity contribution in [1.82, 2.24) is 24.6 Å². The van der Waals surface area contributed by atoms with E-state index in [1.54, 1.807) is 22.7 Å². The average Bonchev–Trinajstić information content (AvgIpc) is 3.29. The molecule has 1 fully saturated rings. The number of benzene rings is 1. The topological polar surface area (TPSA) is 88.9 Å². The predicted molar refractivity (Wildman–Crippen MR) is 132 cm³/mol. The number of methoxy groups -OCH3 is 2. The summed E-state index contributed by atoms with van der Waals surface area (Å²) in [7, 11) is 4.79. The van der Waals surface area contributed by atoms with Gasteiger partial charge in [0.25, 0.3) is 0 Å². The van der Waals surface area contributed by atoms with E-state index in [4.69, 9.17) is 9.47 Å². The Kier molecular flexibility index (Phi) is 6.76. The Hall–Kier alpha value is -4.03. The van der Waals surface area contributed by atoms with Crippen LogP contribution in [-0.4, -0.2) is 64.0 Å². The van der Waals surface area contributed by atoms with E-state index in [1.807, 2.05) is 6.20 Å². The molecule has 4 heterocycles. The lowest BCUT2D eigenvalue weighted by atomic mass is 10.0. The molecule has 0 aliphatic carbocycles. The quantitative estimate of drug-likeness (QED) is 0.477. The van der Waals surface area contributed by atoms with Gasteiger partial charge in [0.2, 0.25) is 11.8 Å². The van der Waals surface area contributed by atoms with E-state index in [-0.39, 0.29) is 24.2 Å². The van der Waals surface area contributed by atoms with Crippen LogP contribution >= 0.6 is 0 Å². The molecule has 202 valence electrons. The SMILES string of the molecule is COc1ncnc(OC)c1N1CCC(N2Cc3cn(C)nc3N(Cc3ccccc3C(F)(F)F)C2=O)CC1. The van der Waals surface area contributed by atoms with Crippen LogP contribution in [0.5, 0.6) is 11.8 Å². The number of anilines is 2. The lowest BCUT2D eigenvalue weighted by Gasteiger charge is -2.43. The molecular formula is C25H28F3N7O3. The zero-order chi connectivity index (χ0) is 27.0. The minimum Gasteiger partial charge on any atom is -0.479 e. The number of piperidine rings is 1. The van der Waals surface area contributed by atoms with Gasteiger partial charge in [0.15, 0.2) is 11.5 Å². The number of ether oxygens (including phenoxy) is 2. The first-order valence-electron chi connectivity index (χ1n) is 12.1. The highest BCUT2D eigenvalue weighted by atomic mass is 19.4. The first-order valence-corrected chi connectivity index (χ1v) is 12.1. The molecule has 0 N–H and O–H groups in total. The molecule has 10 nitrogen and oxygen atoms in total. The zero-order valence-electron chi connectivity index (χ0n) is 21.3. The molecule has 5 rings (SSSR count). The Morgan fingerprint density at radius 2 is 1.71 bits per heavy atom. The van der Waals surface area contributed by atoms with Gasteiger partial charge in [0.1, 0.15) is 6.33 Å². The van der Waals surface area contributed by atoms with Crippen LogP contribution in [0.4, 0.5) is 29.5 Å². The molecule has 0 bridgehead atoms. The van der Waals surface area contributed by atoms with Crippen molar-refractivity contribution in [2.75, 3.05) is 37.1 Å². The number of hydrogen-bond acceptors (Lipinski definition) is 7. The molecule has 0 spiro atoms. The molecule has 13 heteroatoms. The van der Waals surface area contributed by atoms with Crippen LogP contribution in [0, 0.1) is 0 Å². The number of nitrogens with zero attached hydrogens (tertiary/aromatic N) is 7. The van der Waals surface area contributed by atoms with Gasteiger partial charge in [-0.2, -0.15) is 28.2 Å². The first kappa shape index (κ1) is 25.6. The molecule has 38 heavy (non-hydrogen) atoms. The molecule has 0 atom stereocenters. The average molecular weight is 532 g/mol. The minimum absolute atomic E-state index is 0.0184. The normalized spacial score (nSPS) is 16.6. The third kappa shape index (κ3) is 4.68. The molecule has 0 saturated carbocycles. The van der Waals surface area contributed by atoms with Gasteiger partial charge in [-0.3, -0.25) is 9.58 Å². The van der Waals surface area contributed by atoms with E-state index < -0.39 is 11.7 Å². The maximum atomic E-state index is 13.8. The number of halogens is 3. The number of aromatic nitrogens is 4. The molecule has 0 radical (unpaired) electrons. The molecule has 2 aliphatic rings. The Labute approximate surface area is 217 Å². The smallest absolute Gasteiger partial charge is 0.416 e. The van der Waals surface area contributed by atoms with Crippen molar-refractivity contribution >= 4 is 17.5 Å². The van der Waals surface area contributed by atoms with Crippen LogP contribution in [0.3, 0.4) is 0 Å². The highest BCUT2D eigenvalue weighted by Gasteiger charge is 2.40. The fraction of sp³-hybridized carbons (Fsp3) is 0.440. The standard InChI is InChI=1S/C25H28F3N7O3/c1-32-12-17-14-34(18-8-10-33(11-9-18)20-22(37-2)29-15-30-23(20)38-3)24(36)35(21(17)31-32)13-16-6-4-5-7-19(16)25(26,27)28/h4-7,12,15,18H,8-11,13-14H2,1-3H3. The number of urea groups is 1. The van der Waals surface area contributed by atoms with Crippen molar-refractivity contribution in [3.05, 3.63) is 53.5 Å². The van der Waals surface area contributed by atoms with E-state index in [9.17, 15) is 18.0 Å². The van der Waals surface area contributed by atoms with Crippen LogP contribution in [0.15, 0.2) is 36.8 Å². The van der Waals surface area contributed by atoms with Crippen molar-refractivity contribution in [2.24, 2.45) is 7.05 Å². The lowest BCUT2D eigenvalue weighted by molar-refractivity contribution is -0.138. The molecule has 2 amide bonds. The summed E-state index contributed by atoms with van der Waals surface area (Å²) in [5.41, 5.74) is 0.702. The monoisotopic (exact) mass is 531 g/mol. The van der Waals surface area contributed by atoms with Gasteiger partial charge in [0, 0.05) is 37.9 Å². The second kappa shape index (κ2) is 10.0. The summed E-state index contributed by atoms with van der Waals surface area (Å²) in [4.78, 5) is 27.3. The largest absolute Gasteiger partial charge is 0.479 e. The summed E-state index contributed by atoms with van der Waals surface area (Å²) in [6.45, 7) is 1.28. The van der Waals surface area contributed by atoms with Crippen LogP contribution in [0.1, 0.15) is 29.5 Å². The number of hydrogen-bond donors (Lipinski definition) is 0. The second-order valence-corrected chi connectivity index (χ2v) is 9.26. The predicted octanol–water partition coefficient (Wildman–Crippen LogP) is 3.86. The maximum Gasteiger partial charge on any atom is 0.416 e. The zero-order valence-corrected chi connectivity index (χ0v) is 21.3. The van der Waals surface area contributed by atoms with Gasteiger partial charge < -0.3 is 19.3 Å². The first-order chi connectivity index (χ1) is 18.2. The van der Waals surface area contributed by atoms with E-state index in [0.29, 0.717) is 55.7 Å². The summed E-state index contributed by atoms with van der Waals surface area (Å²) in [6, 6.07) is 4.85. The number of carbonyl (C=O) groups excluding carboxylic acids is 1. The van der Waals surface area contributed by atoms with Crippen LogP contribution < -0.4 is 19.3 Å². The van der Waals surface area contributed by atoms with Gasteiger partial charge in [-0.15, -0.1) is 0 Å². The fourth-order valence-electron chi connectivity index (χ4n) is 5.21. The van der Waals surface area contributed by atoms with E-state index in [0.717, 1.165) is 11.6 Å². The number of rotatable bonds is 6. The third-order valence-electron chi connectivity index (χ3n) is 6.97. The van der Waals surface area contributed by atoms with Crippen LogP contribution in [-0.2, 0) is 26.3 Å².